The van der Waals surface area contributed by atoms with E-state index in [0.29, 0.717) is 13.0 Å². The molecule has 0 spiro atoms. The normalized spacial score (nSPS) is 9.57. The molecule has 2 aromatic rings. The van der Waals surface area contributed by atoms with Gasteiger partial charge in [-0.25, -0.2) is 4.79 Å². The van der Waals surface area contributed by atoms with Crippen molar-refractivity contribution in [2.45, 2.75) is 13.0 Å². The number of carbonyl (C=O) groups excluding carboxylic acids is 1. The molecule has 0 aliphatic carbocycles. The van der Waals surface area contributed by atoms with Crippen molar-refractivity contribution >= 4 is 29.0 Å². The van der Waals surface area contributed by atoms with Crippen molar-refractivity contribution < 1.29 is 9.53 Å². The predicted octanol–water partition coefficient (Wildman–Crippen LogP) is 4.07. The maximum absolute atomic E-state index is 11.5. The zero-order valence-electron chi connectivity index (χ0n) is 11.3. The van der Waals surface area contributed by atoms with Gasteiger partial charge in [-0.05, 0) is 17.7 Å². The third-order valence-electron chi connectivity index (χ3n) is 2.52. The zero-order valence-corrected chi connectivity index (χ0v) is 12.8. The summed E-state index contributed by atoms with van der Waals surface area (Å²) in [5.74, 6) is 5.96. The van der Waals surface area contributed by atoms with E-state index >= 15 is 0 Å². The Hall–Kier alpha value is -1.96. The van der Waals surface area contributed by atoms with E-state index in [4.69, 9.17) is 16.3 Å². The molecule has 0 aliphatic rings. The minimum atomic E-state index is -0.431. The second-order valence-corrected chi connectivity index (χ2v) is 5.86. The number of halogens is 1. The number of ether oxygens (including phenoxy) is 1. The summed E-state index contributed by atoms with van der Waals surface area (Å²) >= 11 is 7.24. The number of rotatable bonds is 4. The van der Waals surface area contributed by atoms with Crippen molar-refractivity contribution in [2.75, 3.05) is 6.54 Å². The molecule has 0 saturated carbocycles. The van der Waals surface area contributed by atoms with Crippen molar-refractivity contribution in [3.05, 3.63) is 57.2 Å². The van der Waals surface area contributed by atoms with Crippen molar-refractivity contribution in [1.82, 2.24) is 5.32 Å². The summed E-state index contributed by atoms with van der Waals surface area (Å²) in [6.45, 7) is 0.728. The molecule has 1 N–H and O–H groups in total. The molecule has 1 heterocycles. The summed E-state index contributed by atoms with van der Waals surface area (Å²) in [5.41, 5.74) is 0.960. The van der Waals surface area contributed by atoms with E-state index in [1.807, 2.05) is 42.5 Å². The third kappa shape index (κ3) is 5.90. The van der Waals surface area contributed by atoms with Gasteiger partial charge in [-0.2, -0.15) is 0 Å². The number of alkyl carbamates (subject to hydrolysis) is 1. The average Bonchev–Trinajstić information content (AvgIpc) is 2.91. The highest BCUT2D eigenvalue weighted by molar-refractivity contribution is 7.16. The number of nitrogens with one attached hydrogen (secondary N) is 1. The van der Waals surface area contributed by atoms with Gasteiger partial charge >= 0.3 is 6.09 Å². The van der Waals surface area contributed by atoms with E-state index in [0.717, 1.165) is 14.8 Å². The minimum absolute atomic E-state index is 0.270. The Labute approximate surface area is 132 Å². The molecule has 0 bridgehead atoms. The summed E-state index contributed by atoms with van der Waals surface area (Å²) in [6.07, 6.45) is 0.135. The molecule has 0 radical (unpaired) electrons. The predicted molar refractivity (Wildman–Crippen MR) is 85.5 cm³/mol. The Kier molecular flexibility index (Phi) is 6.14. The molecule has 3 nitrogen and oxygen atoms in total. The molecular weight excluding hydrogens is 306 g/mol. The Morgan fingerprint density at radius 2 is 2.05 bits per heavy atom. The fourth-order valence-electron chi connectivity index (χ4n) is 1.53. The van der Waals surface area contributed by atoms with Crippen molar-refractivity contribution in [3.63, 3.8) is 0 Å². The van der Waals surface area contributed by atoms with Gasteiger partial charge in [0.25, 0.3) is 0 Å². The lowest BCUT2D eigenvalue weighted by Gasteiger charge is -2.05. The van der Waals surface area contributed by atoms with Gasteiger partial charge in [-0.1, -0.05) is 53.8 Å². The van der Waals surface area contributed by atoms with Crippen LogP contribution in [0.15, 0.2) is 42.5 Å². The first-order chi connectivity index (χ1) is 10.2. The Balaban J connectivity index is 1.62. The molecule has 1 aromatic heterocycles. The van der Waals surface area contributed by atoms with Crippen LogP contribution in [0.4, 0.5) is 4.79 Å². The first-order valence-electron chi connectivity index (χ1n) is 6.43. The fraction of sp³-hybridized carbons (Fsp3) is 0.188. The standard InChI is InChI=1S/C16H14ClNO2S/c17-15-10-9-14(21-15)8-4-5-11-18-16(19)20-12-13-6-2-1-3-7-13/h1-3,6-7,9-10H,5,11-12H2,(H,18,19). The van der Waals surface area contributed by atoms with E-state index in [2.05, 4.69) is 17.2 Å². The quantitative estimate of drug-likeness (QED) is 0.681. The second kappa shape index (κ2) is 8.35. The van der Waals surface area contributed by atoms with Gasteiger partial charge in [-0.15, -0.1) is 11.3 Å². The average molecular weight is 320 g/mol. The second-order valence-electron chi connectivity index (χ2n) is 4.14. The summed E-state index contributed by atoms with van der Waals surface area (Å²) in [5, 5.41) is 2.66. The van der Waals surface area contributed by atoms with Crippen LogP contribution in [0, 0.1) is 11.8 Å². The van der Waals surface area contributed by atoms with Crippen LogP contribution in [0.2, 0.25) is 4.34 Å². The van der Waals surface area contributed by atoms with Crippen LogP contribution in [0.5, 0.6) is 0 Å². The molecule has 0 aliphatic heterocycles. The van der Waals surface area contributed by atoms with Gasteiger partial charge < -0.3 is 10.1 Å². The van der Waals surface area contributed by atoms with Gasteiger partial charge in [0.15, 0.2) is 0 Å². The summed E-state index contributed by atoms with van der Waals surface area (Å²) in [4.78, 5) is 12.4. The number of carbonyl (C=O) groups is 1. The first-order valence-corrected chi connectivity index (χ1v) is 7.62. The highest BCUT2D eigenvalue weighted by atomic mass is 35.5. The lowest BCUT2D eigenvalue weighted by Crippen LogP contribution is -2.24. The van der Waals surface area contributed by atoms with Crippen LogP contribution >= 0.6 is 22.9 Å². The van der Waals surface area contributed by atoms with E-state index in [1.54, 1.807) is 0 Å². The molecule has 2 rings (SSSR count). The van der Waals surface area contributed by atoms with Gasteiger partial charge in [0.1, 0.15) is 6.61 Å². The van der Waals surface area contributed by atoms with Gasteiger partial charge in [0.2, 0.25) is 0 Å². The largest absolute Gasteiger partial charge is 0.445 e. The molecule has 108 valence electrons. The van der Waals surface area contributed by atoms with Crippen LogP contribution in [0.1, 0.15) is 16.9 Å². The number of thiophene rings is 1. The molecule has 0 atom stereocenters. The lowest BCUT2D eigenvalue weighted by atomic mass is 10.2. The van der Waals surface area contributed by atoms with Crippen LogP contribution in [-0.4, -0.2) is 12.6 Å². The van der Waals surface area contributed by atoms with Crippen molar-refractivity contribution in [1.29, 1.82) is 0 Å². The molecule has 21 heavy (non-hydrogen) atoms. The molecule has 5 heteroatoms. The molecule has 0 unspecified atom stereocenters. The zero-order chi connectivity index (χ0) is 14.9. The fourth-order valence-corrected chi connectivity index (χ4v) is 2.45. The molecule has 1 aromatic carbocycles. The Morgan fingerprint density at radius 1 is 1.24 bits per heavy atom. The molecule has 1 amide bonds. The molecule has 0 fully saturated rings. The highest BCUT2D eigenvalue weighted by Crippen LogP contribution is 2.20. The maximum atomic E-state index is 11.5. The maximum Gasteiger partial charge on any atom is 0.407 e. The van der Waals surface area contributed by atoms with Crippen LogP contribution in [0.25, 0.3) is 0 Å². The minimum Gasteiger partial charge on any atom is -0.445 e. The molecule has 0 saturated heterocycles. The van der Waals surface area contributed by atoms with E-state index in [9.17, 15) is 4.79 Å². The van der Waals surface area contributed by atoms with Gasteiger partial charge in [-0.3, -0.25) is 0 Å². The monoisotopic (exact) mass is 319 g/mol. The smallest absolute Gasteiger partial charge is 0.407 e. The lowest BCUT2D eigenvalue weighted by molar-refractivity contribution is 0.140. The Morgan fingerprint density at radius 3 is 2.76 bits per heavy atom. The third-order valence-corrected chi connectivity index (χ3v) is 3.66. The van der Waals surface area contributed by atoms with Gasteiger partial charge in [0.05, 0.1) is 9.21 Å². The number of hydrogen-bond acceptors (Lipinski definition) is 3. The topological polar surface area (TPSA) is 38.3 Å². The van der Waals surface area contributed by atoms with Crippen LogP contribution < -0.4 is 5.32 Å². The van der Waals surface area contributed by atoms with Gasteiger partial charge in [0, 0.05) is 13.0 Å². The SMILES string of the molecule is O=C(NCCC#Cc1ccc(Cl)s1)OCc1ccccc1. The number of benzene rings is 1. The van der Waals surface area contributed by atoms with Crippen molar-refractivity contribution in [2.24, 2.45) is 0 Å². The van der Waals surface area contributed by atoms with E-state index < -0.39 is 6.09 Å². The van der Waals surface area contributed by atoms with E-state index in [1.165, 1.54) is 11.3 Å². The summed E-state index contributed by atoms with van der Waals surface area (Å²) in [7, 11) is 0. The summed E-state index contributed by atoms with van der Waals surface area (Å²) < 4.78 is 5.81. The van der Waals surface area contributed by atoms with Crippen LogP contribution in [0.3, 0.4) is 0 Å². The first kappa shape index (κ1) is 15.4. The Bertz CT molecular complexity index is 643. The van der Waals surface area contributed by atoms with Crippen LogP contribution in [-0.2, 0) is 11.3 Å². The molecular formula is C16H14ClNO2S. The summed E-state index contributed by atoms with van der Waals surface area (Å²) in [6, 6.07) is 13.2. The highest BCUT2D eigenvalue weighted by Gasteiger charge is 2.00. The van der Waals surface area contributed by atoms with Crippen molar-refractivity contribution in [3.8, 4) is 11.8 Å². The van der Waals surface area contributed by atoms with E-state index in [-0.39, 0.29) is 6.61 Å². The number of hydrogen-bond donors (Lipinski definition) is 1. The number of amides is 1.